The molecule has 1 unspecified atom stereocenters. The third kappa shape index (κ3) is 4.35. The van der Waals surface area contributed by atoms with Crippen LogP contribution >= 0.6 is 27.5 Å². The van der Waals surface area contributed by atoms with Crippen LogP contribution in [0.3, 0.4) is 0 Å². The molecule has 0 aromatic heterocycles. The summed E-state index contributed by atoms with van der Waals surface area (Å²) in [5, 5.41) is 13.7. The maximum atomic E-state index is 14.1. The van der Waals surface area contributed by atoms with E-state index in [1.54, 1.807) is 31.2 Å². The van der Waals surface area contributed by atoms with Crippen LogP contribution in [0.15, 0.2) is 54.6 Å². The number of alkyl halides is 1. The normalized spacial score (nSPS) is 30.8. The van der Waals surface area contributed by atoms with Gasteiger partial charge < -0.3 is 24.8 Å². The molecule has 0 aliphatic carbocycles. The third-order valence-electron chi connectivity index (χ3n) is 7.58. The van der Waals surface area contributed by atoms with Crippen LogP contribution < -0.4 is 5.32 Å². The molecule has 196 valence electrons. The van der Waals surface area contributed by atoms with Crippen LogP contribution in [0.1, 0.15) is 18.9 Å². The summed E-state index contributed by atoms with van der Waals surface area (Å²) in [5.74, 6) is -3.17. The molecule has 0 radical (unpaired) electrons. The van der Waals surface area contributed by atoms with E-state index in [0.717, 1.165) is 5.56 Å². The van der Waals surface area contributed by atoms with Crippen molar-refractivity contribution >= 4 is 51.0 Å². The van der Waals surface area contributed by atoms with Crippen LogP contribution in [0, 0.1) is 11.8 Å². The number of likely N-dealkylation sites (tertiary alicyclic amines) is 1. The van der Waals surface area contributed by atoms with Crippen LogP contribution in [0.5, 0.6) is 0 Å². The van der Waals surface area contributed by atoms with Gasteiger partial charge in [0.2, 0.25) is 11.8 Å². The maximum absolute atomic E-state index is 14.1. The summed E-state index contributed by atoms with van der Waals surface area (Å²) in [6, 6.07) is 14.5. The van der Waals surface area contributed by atoms with Gasteiger partial charge in [-0.15, -0.1) is 0 Å². The Bertz CT molecular complexity index is 1200. The molecular weight excluding hydrogens is 564 g/mol. The number of hydrogen-bond donors (Lipinski definition) is 2. The number of hydrogen-bond acceptors (Lipinski definition) is 6. The number of benzene rings is 2. The quantitative estimate of drug-likeness (QED) is 0.361. The molecule has 0 saturated carbocycles. The zero-order chi connectivity index (χ0) is 26.3. The van der Waals surface area contributed by atoms with Crippen LogP contribution in [0.4, 0.5) is 5.69 Å². The minimum Gasteiger partial charge on any atom is -0.466 e. The summed E-state index contributed by atoms with van der Waals surface area (Å²) >= 11 is 9.94. The fourth-order valence-corrected chi connectivity index (χ4v) is 7.29. The van der Waals surface area contributed by atoms with E-state index in [-0.39, 0.29) is 18.0 Å². The number of carbonyl (C=O) groups excluding carboxylic acids is 3. The highest BCUT2D eigenvalue weighted by atomic mass is 79.9. The average Bonchev–Trinajstić information content (AvgIpc) is 3.48. The lowest BCUT2D eigenvalue weighted by Gasteiger charge is -2.37. The lowest BCUT2D eigenvalue weighted by atomic mass is 9.70. The van der Waals surface area contributed by atoms with Crippen LogP contribution in [0.2, 0.25) is 5.02 Å². The SMILES string of the molecule is CCOC(=O)[C@@H]1[C@H]2O[C@@]3(CC2Br)[C@H](C(=O)Nc2ccccc2Cl)N([C@@H](CO)Cc2ccccc2)C(=O)[C@@H]13. The van der Waals surface area contributed by atoms with Gasteiger partial charge >= 0.3 is 5.97 Å². The van der Waals surface area contributed by atoms with Crippen LogP contribution in [0.25, 0.3) is 0 Å². The molecule has 2 bridgehead atoms. The van der Waals surface area contributed by atoms with Crippen LogP contribution in [-0.2, 0) is 30.3 Å². The smallest absolute Gasteiger partial charge is 0.312 e. The van der Waals surface area contributed by atoms with Gasteiger partial charge in [-0.2, -0.15) is 0 Å². The third-order valence-corrected chi connectivity index (χ3v) is 8.76. The Morgan fingerprint density at radius 2 is 1.95 bits per heavy atom. The summed E-state index contributed by atoms with van der Waals surface area (Å²) in [6.45, 7) is 1.50. The molecule has 3 aliphatic heterocycles. The van der Waals surface area contributed by atoms with Crippen molar-refractivity contribution in [1.29, 1.82) is 0 Å². The minimum atomic E-state index is -1.26. The number of anilines is 1. The second-order valence-corrected chi connectivity index (χ2v) is 11.2. The molecule has 2 aromatic carbocycles. The fraction of sp³-hybridized carbons (Fsp3) is 0.444. The standard InChI is InChI=1S/C27H28BrClN2O6/c1-2-36-26(35)20-21-25(34)31(16(14-32)12-15-8-4-3-5-9-15)23(27(21)13-17(28)22(20)37-27)24(33)30-19-11-7-6-10-18(19)29/h3-11,16-17,20-23,32H,2,12-14H2,1H3,(H,30,33)/t16-,17?,20+,21-,22+,23+,27-/m1/s1. The molecule has 10 heteroatoms. The van der Waals surface area contributed by atoms with Crippen molar-refractivity contribution in [3.63, 3.8) is 0 Å². The summed E-state index contributed by atoms with van der Waals surface area (Å²) in [6.07, 6.45) is 0.0739. The van der Waals surface area contributed by atoms with E-state index < -0.39 is 53.4 Å². The summed E-state index contributed by atoms with van der Waals surface area (Å²) < 4.78 is 11.8. The van der Waals surface area contributed by atoms with Gasteiger partial charge in [-0.05, 0) is 37.5 Å². The molecule has 2 amide bonds. The van der Waals surface area contributed by atoms with Crippen molar-refractivity contribution in [2.45, 2.75) is 48.4 Å². The van der Waals surface area contributed by atoms with Crippen molar-refractivity contribution in [1.82, 2.24) is 4.90 Å². The van der Waals surface area contributed by atoms with Gasteiger partial charge in [0.15, 0.2) is 0 Å². The molecule has 3 aliphatic rings. The Balaban J connectivity index is 1.57. The summed E-state index contributed by atoms with van der Waals surface area (Å²) in [7, 11) is 0. The van der Waals surface area contributed by atoms with Gasteiger partial charge in [0.05, 0.1) is 47.9 Å². The first kappa shape index (κ1) is 26.2. The number of rotatable bonds is 8. The van der Waals surface area contributed by atoms with Crippen LogP contribution in [-0.4, -0.2) is 69.6 Å². The number of para-hydroxylation sites is 1. The van der Waals surface area contributed by atoms with Gasteiger partial charge in [-0.3, -0.25) is 14.4 Å². The van der Waals surface area contributed by atoms with Crippen molar-refractivity contribution in [2.24, 2.45) is 11.8 Å². The Kier molecular flexibility index (Phi) is 7.33. The number of ether oxygens (including phenoxy) is 2. The first-order chi connectivity index (χ1) is 17.8. The zero-order valence-corrected chi connectivity index (χ0v) is 22.5. The van der Waals surface area contributed by atoms with E-state index in [9.17, 15) is 19.5 Å². The zero-order valence-electron chi connectivity index (χ0n) is 20.2. The maximum Gasteiger partial charge on any atom is 0.312 e. The Hall–Kier alpha value is -2.46. The predicted octanol–water partition coefficient (Wildman–Crippen LogP) is 3.19. The van der Waals surface area contributed by atoms with Gasteiger partial charge in [0.1, 0.15) is 11.6 Å². The van der Waals surface area contributed by atoms with E-state index in [4.69, 9.17) is 21.1 Å². The second kappa shape index (κ2) is 10.4. The van der Waals surface area contributed by atoms with Crippen molar-refractivity contribution in [3.05, 3.63) is 65.2 Å². The number of halogens is 2. The van der Waals surface area contributed by atoms with E-state index in [1.807, 2.05) is 30.3 Å². The number of aliphatic hydroxyl groups is 1. The van der Waals surface area contributed by atoms with Gasteiger partial charge in [0.25, 0.3) is 0 Å². The Labute approximate surface area is 228 Å². The molecule has 3 heterocycles. The average molecular weight is 592 g/mol. The van der Waals surface area contributed by atoms with Gasteiger partial charge in [-0.25, -0.2) is 0 Å². The van der Waals surface area contributed by atoms with E-state index in [1.165, 1.54) is 4.90 Å². The number of aliphatic hydroxyl groups excluding tert-OH is 1. The van der Waals surface area contributed by atoms with E-state index in [2.05, 4.69) is 21.2 Å². The highest BCUT2D eigenvalue weighted by molar-refractivity contribution is 9.09. The predicted molar refractivity (Wildman–Crippen MR) is 140 cm³/mol. The molecule has 7 atom stereocenters. The second-order valence-electron chi connectivity index (χ2n) is 9.66. The first-order valence-electron chi connectivity index (χ1n) is 12.3. The number of nitrogens with zero attached hydrogens (tertiary/aromatic N) is 1. The van der Waals surface area contributed by atoms with Crippen molar-refractivity contribution < 1.29 is 29.0 Å². The highest BCUT2D eigenvalue weighted by Gasteiger charge is 2.77. The molecule has 37 heavy (non-hydrogen) atoms. The number of carbonyl (C=O) groups is 3. The monoisotopic (exact) mass is 590 g/mol. The summed E-state index contributed by atoms with van der Waals surface area (Å²) in [5.41, 5.74) is 0.0394. The number of amides is 2. The number of nitrogens with one attached hydrogen (secondary N) is 1. The lowest BCUT2D eigenvalue weighted by Crippen LogP contribution is -2.57. The molecule has 5 rings (SSSR count). The highest BCUT2D eigenvalue weighted by Crippen LogP contribution is 2.60. The number of fused-ring (bicyclic) bond motifs is 1. The Morgan fingerprint density at radius 3 is 2.62 bits per heavy atom. The molecule has 3 saturated heterocycles. The molecule has 3 fully saturated rings. The van der Waals surface area contributed by atoms with Crippen molar-refractivity contribution in [3.8, 4) is 0 Å². The molecule has 2 aromatic rings. The minimum absolute atomic E-state index is 0.163. The van der Waals surface area contributed by atoms with E-state index >= 15 is 0 Å². The first-order valence-corrected chi connectivity index (χ1v) is 13.6. The van der Waals surface area contributed by atoms with Gasteiger partial charge in [0, 0.05) is 4.83 Å². The largest absolute Gasteiger partial charge is 0.466 e. The lowest BCUT2D eigenvalue weighted by molar-refractivity contribution is -0.155. The molecule has 8 nitrogen and oxygen atoms in total. The molecular formula is C27H28BrClN2O6. The Morgan fingerprint density at radius 1 is 1.24 bits per heavy atom. The van der Waals surface area contributed by atoms with Crippen molar-refractivity contribution in [2.75, 3.05) is 18.5 Å². The fourth-order valence-electron chi connectivity index (χ4n) is 6.17. The topological polar surface area (TPSA) is 105 Å². The number of esters is 1. The summed E-state index contributed by atoms with van der Waals surface area (Å²) in [4.78, 5) is 42.3. The molecule has 1 spiro atoms. The van der Waals surface area contributed by atoms with E-state index in [0.29, 0.717) is 23.6 Å². The molecule has 2 N–H and O–H groups in total. The van der Waals surface area contributed by atoms with Gasteiger partial charge in [-0.1, -0.05) is 70.0 Å².